The molecular weight excluding hydrogens is 681 g/mol. The van der Waals surface area contributed by atoms with Crippen molar-refractivity contribution in [2.75, 3.05) is 13.7 Å². The number of methoxy groups -OCH3 is 1. The van der Waals surface area contributed by atoms with Crippen molar-refractivity contribution in [2.24, 2.45) is 0 Å². The molecule has 0 saturated heterocycles. The van der Waals surface area contributed by atoms with Crippen LogP contribution in [0.4, 0.5) is 17.6 Å². The van der Waals surface area contributed by atoms with Crippen LogP contribution in [-0.4, -0.2) is 39.3 Å². The van der Waals surface area contributed by atoms with Gasteiger partial charge in [0.05, 0.1) is 27.0 Å². The molecule has 1 N–H and O–H groups in total. The molecule has 0 aliphatic rings. The standard InChI is InChI=1S/C31H24F4IN3O4/c1-16-6-7-17(21(32)10-16)15-43-27-5-3-4-25(37-27)19-13-22(33)18(11-23(19)34)12-26-38-29-24(35)14-20(31(40)41)28(36)30(29)39(26)8-9-42-2/h3-7,10-11,13-14H,8-9,12,15H2,1-2H3,(H,40,41). The van der Waals surface area contributed by atoms with Gasteiger partial charge < -0.3 is 19.1 Å². The van der Waals surface area contributed by atoms with Gasteiger partial charge in [0.1, 0.15) is 35.4 Å². The lowest BCUT2D eigenvalue weighted by atomic mass is 10.0. The molecule has 2 aromatic heterocycles. The number of imidazole rings is 1. The Kier molecular flexibility index (Phi) is 8.97. The van der Waals surface area contributed by atoms with Gasteiger partial charge in [0.15, 0.2) is 5.82 Å². The molecule has 222 valence electrons. The van der Waals surface area contributed by atoms with Crippen molar-refractivity contribution in [3.8, 4) is 17.1 Å². The molecule has 0 saturated carbocycles. The zero-order chi connectivity index (χ0) is 30.8. The lowest BCUT2D eigenvalue weighted by molar-refractivity contribution is 0.0695. The normalized spacial score (nSPS) is 11.3. The fourth-order valence-corrected chi connectivity index (χ4v) is 5.58. The maximum Gasteiger partial charge on any atom is 0.336 e. The van der Waals surface area contributed by atoms with Gasteiger partial charge in [-0.25, -0.2) is 32.3 Å². The van der Waals surface area contributed by atoms with Crippen molar-refractivity contribution in [1.29, 1.82) is 0 Å². The van der Waals surface area contributed by atoms with Crippen LogP contribution in [-0.2, 0) is 24.3 Å². The molecule has 5 rings (SSSR count). The Balaban J connectivity index is 1.46. The average Bonchev–Trinajstić information content (AvgIpc) is 3.33. The Morgan fingerprint density at radius 2 is 1.72 bits per heavy atom. The molecule has 0 aliphatic heterocycles. The second-order valence-corrected chi connectivity index (χ2v) is 10.8. The van der Waals surface area contributed by atoms with E-state index in [0.29, 0.717) is 5.56 Å². The molecule has 7 nitrogen and oxygen atoms in total. The summed E-state index contributed by atoms with van der Waals surface area (Å²) in [6, 6.07) is 12.2. The predicted molar refractivity (Wildman–Crippen MR) is 159 cm³/mol. The second-order valence-electron chi connectivity index (χ2n) is 9.74. The third kappa shape index (κ3) is 6.34. The van der Waals surface area contributed by atoms with Gasteiger partial charge in [0, 0.05) is 37.3 Å². The van der Waals surface area contributed by atoms with Gasteiger partial charge in [-0.05, 0) is 71.0 Å². The lowest BCUT2D eigenvalue weighted by Gasteiger charge is -2.12. The van der Waals surface area contributed by atoms with Crippen LogP contribution in [0.25, 0.3) is 22.3 Å². The van der Waals surface area contributed by atoms with Crippen LogP contribution in [0.15, 0.2) is 54.6 Å². The summed E-state index contributed by atoms with van der Waals surface area (Å²) in [5, 5.41) is 9.52. The second kappa shape index (κ2) is 12.7. The number of aryl methyl sites for hydroxylation is 1. The molecule has 0 radical (unpaired) electrons. The minimum atomic E-state index is -1.31. The summed E-state index contributed by atoms with van der Waals surface area (Å²) in [4.78, 5) is 20.3. The number of carbonyl (C=O) groups is 1. The number of benzene rings is 3. The molecule has 0 amide bonds. The predicted octanol–water partition coefficient (Wildman–Crippen LogP) is 7.08. The molecule has 0 spiro atoms. The number of aromatic nitrogens is 3. The van der Waals surface area contributed by atoms with Crippen LogP contribution < -0.4 is 4.74 Å². The van der Waals surface area contributed by atoms with E-state index in [2.05, 4.69) is 9.97 Å². The number of carboxylic acids is 1. The van der Waals surface area contributed by atoms with Gasteiger partial charge in [0.25, 0.3) is 0 Å². The zero-order valence-corrected chi connectivity index (χ0v) is 25.1. The highest BCUT2D eigenvalue weighted by Gasteiger charge is 2.24. The number of nitrogens with zero attached hydrogens (tertiary/aromatic N) is 3. The van der Waals surface area contributed by atoms with Crippen LogP contribution in [0.2, 0.25) is 0 Å². The minimum Gasteiger partial charge on any atom is -0.478 e. The Morgan fingerprint density at radius 1 is 0.953 bits per heavy atom. The third-order valence-corrected chi connectivity index (χ3v) is 7.90. The quantitative estimate of drug-likeness (QED) is 0.124. The van der Waals surface area contributed by atoms with Crippen molar-refractivity contribution in [1.82, 2.24) is 14.5 Å². The van der Waals surface area contributed by atoms with Crippen LogP contribution in [0.3, 0.4) is 0 Å². The van der Waals surface area contributed by atoms with E-state index in [9.17, 15) is 18.7 Å². The van der Waals surface area contributed by atoms with Crippen LogP contribution in [0, 0.1) is 33.8 Å². The summed E-state index contributed by atoms with van der Waals surface area (Å²) >= 11 is 1.81. The number of carboxylic acid groups (broad SMARTS) is 1. The van der Waals surface area contributed by atoms with Gasteiger partial charge in [-0.2, -0.15) is 0 Å². The first-order valence-electron chi connectivity index (χ1n) is 13.0. The summed E-state index contributed by atoms with van der Waals surface area (Å²) in [6.07, 6.45) is -0.210. The van der Waals surface area contributed by atoms with Crippen LogP contribution >= 0.6 is 22.6 Å². The van der Waals surface area contributed by atoms with E-state index in [1.54, 1.807) is 29.7 Å². The minimum absolute atomic E-state index is 0.0497. The highest BCUT2D eigenvalue weighted by molar-refractivity contribution is 14.1. The smallest absolute Gasteiger partial charge is 0.336 e. The fourth-order valence-electron chi connectivity index (χ4n) is 4.64. The summed E-state index contributed by atoms with van der Waals surface area (Å²) in [7, 11) is 1.47. The van der Waals surface area contributed by atoms with E-state index in [-0.39, 0.29) is 74.9 Å². The molecule has 0 unspecified atom stereocenters. The number of ether oxygens (including phenoxy) is 2. The number of fused-ring (bicyclic) bond motifs is 1. The Labute approximate surface area is 257 Å². The molecule has 12 heteroatoms. The fraction of sp³-hybridized carbons (Fsp3) is 0.194. The lowest BCUT2D eigenvalue weighted by Crippen LogP contribution is -2.11. The van der Waals surface area contributed by atoms with Crippen molar-refractivity contribution >= 4 is 39.6 Å². The van der Waals surface area contributed by atoms with Crippen molar-refractivity contribution < 1.29 is 36.9 Å². The number of pyridine rings is 1. The average molecular weight is 705 g/mol. The van der Waals surface area contributed by atoms with Gasteiger partial charge >= 0.3 is 5.97 Å². The summed E-state index contributed by atoms with van der Waals surface area (Å²) < 4.78 is 72.5. The molecule has 3 aromatic carbocycles. The summed E-state index contributed by atoms with van der Waals surface area (Å²) in [6.45, 7) is 2.03. The van der Waals surface area contributed by atoms with Crippen molar-refractivity contribution in [2.45, 2.75) is 26.5 Å². The first-order valence-corrected chi connectivity index (χ1v) is 14.1. The van der Waals surface area contributed by atoms with E-state index >= 15 is 8.78 Å². The SMILES string of the molecule is COCCn1c(Cc2cc(F)c(-c3cccc(OCc4ccc(C)cc4F)n3)cc2F)nc2c(F)cc(C(=O)O)c(I)c21. The van der Waals surface area contributed by atoms with E-state index in [1.807, 2.05) is 22.6 Å². The first kappa shape index (κ1) is 30.4. The Hall–Kier alpha value is -4.04. The van der Waals surface area contributed by atoms with Gasteiger partial charge in [-0.1, -0.05) is 18.2 Å². The van der Waals surface area contributed by atoms with E-state index in [0.717, 1.165) is 23.8 Å². The molecule has 5 aromatic rings. The number of aromatic carboxylic acids is 1. The van der Waals surface area contributed by atoms with E-state index < -0.39 is 29.2 Å². The summed E-state index contributed by atoms with van der Waals surface area (Å²) in [5.74, 6) is -3.78. The largest absolute Gasteiger partial charge is 0.478 e. The van der Waals surface area contributed by atoms with Crippen LogP contribution in [0.1, 0.15) is 32.9 Å². The zero-order valence-electron chi connectivity index (χ0n) is 22.9. The number of hydrogen-bond donors (Lipinski definition) is 1. The van der Waals surface area contributed by atoms with Crippen molar-refractivity contribution in [3.05, 3.63) is 110 Å². The Morgan fingerprint density at radius 3 is 2.44 bits per heavy atom. The van der Waals surface area contributed by atoms with Gasteiger partial charge in [0.2, 0.25) is 5.88 Å². The maximum atomic E-state index is 15.4. The van der Waals surface area contributed by atoms with E-state index in [1.165, 1.54) is 25.3 Å². The molecule has 0 aliphatic carbocycles. The molecule has 0 fully saturated rings. The van der Waals surface area contributed by atoms with Gasteiger partial charge in [-0.3, -0.25) is 0 Å². The molecule has 43 heavy (non-hydrogen) atoms. The number of hydrogen-bond acceptors (Lipinski definition) is 5. The summed E-state index contributed by atoms with van der Waals surface area (Å²) in [5.41, 5.74) is 0.946. The Bertz CT molecular complexity index is 1860. The molecular formula is C31H24F4IN3O4. The molecule has 2 heterocycles. The maximum absolute atomic E-state index is 15.4. The van der Waals surface area contributed by atoms with Crippen LogP contribution in [0.5, 0.6) is 5.88 Å². The third-order valence-electron chi connectivity index (χ3n) is 6.81. The highest BCUT2D eigenvalue weighted by Crippen LogP contribution is 2.31. The monoisotopic (exact) mass is 705 g/mol. The topological polar surface area (TPSA) is 86.5 Å². The highest BCUT2D eigenvalue weighted by atomic mass is 127. The molecule has 0 bridgehead atoms. The van der Waals surface area contributed by atoms with Gasteiger partial charge in [-0.15, -0.1) is 0 Å². The van der Waals surface area contributed by atoms with Crippen molar-refractivity contribution in [3.63, 3.8) is 0 Å². The number of rotatable bonds is 10. The number of halogens is 5. The van der Waals surface area contributed by atoms with E-state index in [4.69, 9.17) is 9.47 Å². The molecule has 0 atom stereocenters. The first-order chi connectivity index (χ1) is 20.6.